The first-order valence-corrected chi connectivity index (χ1v) is 6.70. The van der Waals surface area contributed by atoms with Crippen molar-refractivity contribution in [1.82, 2.24) is 5.32 Å². The lowest BCUT2D eigenvalue weighted by molar-refractivity contribution is 0.0953. The Hall–Kier alpha value is -2.40. The van der Waals surface area contributed by atoms with Gasteiger partial charge in [0.05, 0.1) is 0 Å². The fraction of sp³-hybridized carbons (Fsp3) is 0.188. The number of halogens is 1. The SMILES string of the molecule is Cc1cc(NN)ccc1C(=O)NCCc1cccc(F)c1. The minimum atomic E-state index is -0.264. The summed E-state index contributed by atoms with van der Waals surface area (Å²) in [4.78, 5) is 12.1. The zero-order chi connectivity index (χ0) is 15.2. The van der Waals surface area contributed by atoms with Gasteiger partial charge in [0.2, 0.25) is 0 Å². The van der Waals surface area contributed by atoms with Crippen LogP contribution in [0, 0.1) is 12.7 Å². The summed E-state index contributed by atoms with van der Waals surface area (Å²) in [5, 5.41) is 2.83. The number of hydrogen-bond donors (Lipinski definition) is 3. The molecule has 0 bridgehead atoms. The van der Waals surface area contributed by atoms with Gasteiger partial charge >= 0.3 is 0 Å². The fourth-order valence-electron chi connectivity index (χ4n) is 2.12. The van der Waals surface area contributed by atoms with Gasteiger partial charge in [-0.05, 0) is 54.8 Å². The molecule has 110 valence electrons. The number of nitrogens with two attached hydrogens (primary N) is 1. The molecular formula is C16H18FN3O. The second kappa shape index (κ2) is 6.85. The maximum atomic E-state index is 13.0. The van der Waals surface area contributed by atoms with E-state index >= 15 is 0 Å². The number of hydrogen-bond acceptors (Lipinski definition) is 3. The van der Waals surface area contributed by atoms with E-state index in [4.69, 9.17) is 5.84 Å². The molecule has 0 unspecified atom stereocenters. The average Bonchev–Trinajstić information content (AvgIpc) is 2.47. The van der Waals surface area contributed by atoms with E-state index in [1.165, 1.54) is 12.1 Å². The van der Waals surface area contributed by atoms with Crippen molar-refractivity contribution in [3.05, 3.63) is 65.0 Å². The van der Waals surface area contributed by atoms with Crippen molar-refractivity contribution in [2.24, 2.45) is 5.84 Å². The summed E-state index contributed by atoms with van der Waals surface area (Å²) in [6.07, 6.45) is 0.588. The molecule has 0 fully saturated rings. The highest BCUT2D eigenvalue weighted by atomic mass is 19.1. The van der Waals surface area contributed by atoms with Crippen LogP contribution in [0.15, 0.2) is 42.5 Å². The van der Waals surface area contributed by atoms with Gasteiger partial charge in [-0.3, -0.25) is 10.6 Å². The van der Waals surface area contributed by atoms with E-state index < -0.39 is 0 Å². The number of aryl methyl sites for hydroxylation is 1. The predicted molar refractivity (Wildman–Crippen MR) is 81.4 cm³/mol. The molecular weight excluding hydrogens is 269 g/mol. The van der Waals surface area contributed by atoms with Crippen molar-refractivity contribution in [1.29, 1.82) is 0 Å². The van der Waals surface area contributed by atoms with E-state index in [2.05, 4.69) is 10.7 Å². The summed E-state index contributed by atoms with van der Waals surface area (Å²) in [5.74, 6) is 4.91. The molecule has 1 amide bonds. The third-order valence-corrected chi connectivity index (χ3v) is 3.23. The van der Waals surface area contributed by atoms with Crippen molar-refractivity contribution in [3.8, 4) is 0 Å². The lowest BCUT2D eigenvalue weighted by atomic mass is 10.1. The molecule has 0 spiro atoms. The summed E-state index contributed by atoms with van der Waals surface area (Å²) in [7, 11) is 0. The Balaban J connectivity index is 1.93. The van der Waals surface area contributed by atoms with Gasteiger partial charge in [0, 0.05) is 17.8 Å². The summed E-state index contributed by atoms with van der Waals surface area (Å²) in [5.41, 5.74) is 5.59. The van der Waals surface area contributed by atoms with E-state index in [9.17, 15) is 9.18 Å². The Morgan fingerprint density at radius 3 is 2.71 bits per heavy atom. The zero-order valence-corrected chi connectivity index (χ0v) is 11.8. The first kappa shape index (κ1) is 15.0. The standard InChI is InChI=1S/C16H18FN3O/c1-11-9-14(20-18)5-6-15(11)16(21)19-8-7-12-3-2-4-13(17)10-12/h2-6,9-10,20H,7-8,18H2,1H3,(H,19,21). The van der Waals surface area contributed by atoms with Gasteiger partial charge in [0.1, 0.15) is 5.82 Å². The van der Waals surface area contributed by atoms with Gasteiger partial charge in [-0.1, -0.05) is 12.1 Å². The van der Waals surface area contributed by atoms with Gasteiger partial charge < -0.3 is 10.7 Å². The number of anilines is 1. The molecule has 0 saturated heterocycles. The van der Waals surface area contributed by atoms with E-state index in [0.717, 1.165) is 16.8 Å². The maximum absolute atomic E-state index is 13.0. The topological polar surface area (TPSA) is 67.1 Å². The van der Waals surface area contributed by atoms with Crippen molar-refractivity contribution in [3.63, 3.8) is 0 Å². The van der Waals surface area contributed by atoms with E-state index in [1.54, 1.807) is 18.2 Å². The lowest BCUT2D eigenvalue weighted by Gasteiger charge is -2.09. The number of carbonyl (C=O) groups excluding carboxylic acids is 1. The van der Waals surface area contributed by atoms with Crippen LogP contribution in [0.4, 0.5) is 10.1 Å². The Kier molecular flexibility index (Phi) is 4.90. The number of hydrazine groups is 1. The normalized spacial score (nSPS) is 10.2. The zero-order valence-electron chi connectivity index (χ0n) is 11.8. The van der Waals surface area contributed by atoms with E-state index in [-0.39, 0.29) is 11.7 Å². The minimum Gasteiger partial charge on any atom is -0.352 e. The summed E-state index contributed by atoms with van der Waals surface area (Å²) >= 11 is 0. The van der Waals surface area contributed by atoms with Crippen LogP contribution in [0.25, 0.3) is 0 Å². The first-order chi connectivity index (χ1) is 10.1. The second-order valence-electron chi connectivity index (χ2n) is 4.81. The quantitative estimate of drug-likeness (QED) is 0.584. The molecule has 2 aromatic rings. The highest BCUT2D eigenvalue weighted by Crippen LogP contribution is 2.14. The van der Waals surface area contributed by atoms with Gasteiger partial charge in [0.15, 0.2) is 0 Å². The number of benzene rings is 2. The molecule has 0 saturated carbocycles. The molecule has 4 N–H and O–H groups in total. The molecule has 0 aromatic heterocycles. The molecule has 4 nitrogen and oxygen atoms in total. The highest BCUT2D eigenvalue weighted by molar-refractivity contribution is 5.96. The maximum Gasteiger partial charge on any atom is 0.251 e. The van der Waals surface area contributed by atoms with Crippen LogP contribution in [-0.4, -0.2) is 12.5 Å². The van der Waals surface area contributed by atoms with E-state index in [1.807, 2.05) is 19.1 Å². The number of nitrogen functional groups attached to an aromatic ring is 1. The monoisotopic (exact) mass is 287 g/mol. The van der Waals surface area contributed by atoms with Gasteiger partial charge in [0.25, 0.3) is 5.91 Å². The van der Waals surface area contributed by atoms with Crippen LogP contribution in [0.1, 0.15) is 21.5 Å². The Morgan fingerprint density at radius 2 is 2.05 bits per heavy atom. The van der Waals surface area contributed by atoms with Crippen LogP contribution in [0.5, 0.6) is 0 Å². The number of rotatable bonds is 5. The third kappa shape index (κ3) is 4.03. The lowest BCUT2D eigenvalue weighted by Crippen LogP contribution is -2.26. The van der Waals surface area contributed by atoms with Crippen LogP contribution < -0.4 is 16.6 Å². The van der Waals surface area contributed by atoms with Crippen molar-refractivity contribution < 1.29 is 9.18 Å². The molecule has 0 aliphatic heterocycles. The molecule has 2 aromatic carbocycles. The molecule has 0 aliphatic rings. The average molecular weight is 287 g/mol. The number of nitrogens with one attached hydrogen (secondary N) is 2. The Morgan fingerprint density at radius 1 is 1.24 bits per heavy atom. The van der Waals surface area contributed by atoms with Gasteiger partial charge in [-0.2, -0.15) is 0 Å². The number of carbonyl (C=O) groups is 1. The Labute approximate surface area is 123 Å². The molecule has 21 heavy (non-hydrogen) atoms. The highest BCUT2D eigenvalue weighted by Gasteiger charge is 2.08. The predicted octanol–water partition coefficient (Wildman–Crippen LogP) is 2.39. The second-order valence-corrected chi connectivity index (χ2v) is 4.81. The third-order valence-electron chi connectivity index (χ3n) is 3.23. The molecule has 5 heteroatoms. The molecule has 0 aliphatic carbocycles. The van der Waals surface area contributed by atoms with Crippen LogP contribution in [0.3, 0.4) is 0 Å². The minimum absolute atomic E-state index is 0.146. The Bertz CT molecular complexity index is 643. The van der Waals surface area contributed by atoms with Crippen molar-refractivity contribution in [2.75, 3.05) is 12.0 Å². The van der Waals surface area contributed by atoms with Crippen LogP contribution in [-0.2, 0) is 6.42 Å². The molecule has 0 heterocycles. The smallest absolute Gasteiger partial charge is 0.251 e. The summed E-state index contributed by atoms with van der Waals surface area (Å²) < 4.78 is 13.0. The molecule has 0 radical (unpaired) electrons. The summed E-state index contributed by atoms with van der Waals surface area (Å²) in [6, 6.07) is 11.6. The van der Waals surface area contributed by atoms with Crippen LogP contribution in [0.2, 0.25) is 0 Å². The summed E-state index contributed by atoms with van der Waals surface area (Å²) in [6.45, 7) is 2.31. The van der Waals surface area contributed by atoms with E-state index in [0.29, 0.717) is 18.5 Å². The molecule has 2 rings (SSSR count). The van der Waals surface area contributed by atoms with Gasteiger partial charge in [-0.15, -0.1) is 0 Å². The largest absolute Gasteiger partial charge is 0.352 e. The van der Waals surface area contributed by atoms with Crippen molar-refractivity contribution >= 4 is 11.6 Å². The number of amides is 1. The van der Waals surface area contributed by atoms with Crippen LogP contribution >= 0.6 is 0 Å². The fourth-order valence-corrected chi connectivity index (χ4v) is 2.12. The first-order valence-electron chi connectivity index (χ1n) is 6.70. The molecule has 0 atom stereocenters. The van der Waals surface area contributed by atoms with Crippen molar-refractivity contribution in [2.45, 2.75) is 13.3 Å². The van der Waals surface area contributed by atoms with Gasteiger partial charge in [-0.25, -0.2) is 4.39 Å².